The lowest BCUT2D eigenvalue weighted by atomic mass is 9.76. The second kappa shape index (κ2) is 9.70. The minimum Gasteiger partial charge on any atom is -0.454 e. The van der Waals surface area contributed by atoms with Crippen molar-refractivity contribution in [2.45, 2.75) is 54.6 Å². The Bertz CT molecular complexity index is 1360. The summed E-state index contributed by atoms with van der Waals surface area (Å²) in [6, 6.07) is 14.8. The molecule has 0 bridgehead atoms. The molecule has 35 heavy (non-hydrogen) atoms. The number of anilines is 1. The van der Waals surface area contributed by atoms with E-state index in [1.807, 2.05) is 12.1 Å². The maximum Gasteiger partial charge on any atom is 0.231 e. The van der Waals surface area contributed by atoms with Crippen LogP contribution >= 0.6 is 27.7 Å². The van der Waals surface area contributed by atoms with Crippen molar-refractivity contribution in [3.8, 4) is 11.5 Å². The Morgan fingerprint density at radius 1 is 1.06 bits per heavy atom. The fraction of sp³-hybridized carbons (Fsp3) is 0.346. The Balaban J connectivity index is 1.43. The van der Waals surface area contributed by atoms with Gasteiger partial charge < -0.3 is 19.8 Å². The summed E-state index contributed by atoms with van der Waals surface area (Å²) in [7, 11) is 0. The largest absolute Gasteiger partial charge is 0.454 e. The summed E-state index contributed by atoms with van der Waals surface area (Å²) in [5, 5.41) is 0.837. The Hall–Kier alpha value is -2.78. The average Bonchev–Trinajstić information content (AvgIpc) is 3.48. The number of fused-ring (bicyclic) bond motifs is 2. The van der Waals surface area contributed by atoms with Crippen LogP contribution in [-0.4, -0.2) is 26.3 Å². The summed E-state index contributed by atoms with van der Waals surface area (Å²) < 4.78 is 14.3. The Kier molecular flexibility index (Phi) is 6.28. The van der Waals surface area contributed by atoms with Crippen LogP contribution in [0.3, 0.4) is 0 Å². The van der Waals surface area contributed by atoms with E-state index >= 15 is 0 Å². The van der Waals surface area contributed by atoms with Crippen LogP contribution in [-0.2, 0) is 6.54 Å². The Morgan fingerprint density at radius 3 is 2.63 bits per heavy atom. The molecule has 0 spiro atoms. The maximum absolute atomic E-state index is 6.24. The molecule has 1 atom stereocenters. The first-order valence-corrected chi connectivity index (χ1v) is 13.6. The number of aromatic nitrogens is 4. The molecule has 1 aliphatic carbocycles. The van der Waals surface area contributed by atoms with E-state index in [0.29, 0.717) is 23.2 Å². The highest BCUT2D eigenvalue weighted by Crippen LogP contribution is 2.44. The minimum atomic E-state index is 0.237. The molecule has 9 heteroatoms. The van der Waals surface area contributed by atoms with Gasteiger partial charge >= 0.3 is 0 Å². The first-order valence-electron chi connectivity index (χ1n) is 12.0. The number of nitrogens with two attached hydrogens (primary N) is 1. The molecule has 1 unspecified atom stereocenters. The summed E-state index contributed by atoms with van der Waals surface area (Å²) >= 11 is 5.27. The molecule has 2 aromatic heterocycles. The lowest BCUT2D eigenvalue weighted by Crippen LogP contribution is -2.21. The first kappa shape index (κ1) is 22.7. The number of rotatable bonds is 6. The predicted octanol–water partition coefficient (Wildman–Crippen LogP) is 6.42. The number of ether oxygens (including phenoxy) is 2. The Labute approximate surface area is 216 Å². The van der Waals surface area contributed by atoms with Crippen molar-refractivity contribution >= 4 is 44.7 Å². The van der Waals surface area contributed by atoms with E-state index in [4.69, 9.17) is 20.2 Å². The van der Waals surface area contributed by atoms with Crippen LogP contribution in [0.4, 0.5) is 5.82 Å². The third-order valence-corrected chi connectivity index (χ3v) is 8.95. The maximum atomic E-state index is 6.24. The number of imidazole rings is 1. The van der Waals surface area contributed by atoms with Crippen LogP contribution in [0.1, 0.15) is 43.6 Å². The van der Waals surface area contributed by atoms with Gasteiger partial charge in [0.15, 0.2) is 33.6 Å². The van der Waals surface area contributed by atoms with Gasteiger partial charge in [0, 0.05) is 21.8 Å². The van der Waals surface area contributed by atoms with E-state index in [1.54, 1.807) is 11.8 Å². The minimum absolute atomic E-state index is 0.237. The zero-order valence-corrected chi connectivity index (χ0v) is 21.6. The third-order valence-electron chi connectivity index (χ3n) is 6.98. The monoisotopic (exact) mass is 551 g/mol. The second-order valence-electron chi connectivity index (χ2n) is 9.09. The number of hydrogen-bond donors (Lipinski definition) is 1. The van der Waals surface area contributed by atoms with Gasteiger partial charge in [-0.15, -0.1) is 0 Å². The summed E-state index contributed by atoms with van der Waals surface area (Å²) in [4.78, 5) is 14.7. The molecule has 1 fully saturated rings. The van der Waals surface area contributed by atoms with Gasteiger partial charge in [-0.25, -0.2) is 15.0 Å². The van der Waals surface area contributed by atoms with Crippen molar-refractivity contribution in [2.24, 2.45) is 5.92 Å². The molecule has 1 saturated carbocycles. The first-order chi connectivity index (χ1) is 17.2. The van der Waals surface area contributed by atoms with Crippen LogP contribution < -0.4 is 15.2 Å². The number of halogens is 1. The molecule has 180 valence electrons. The molecule has 7 nitrogen and oxygen atoms in total. The lowest BCUT2D eigenvalue weighted by Gasteiger charge is -2.31. The van der Waals surface area contributed by atoms with Gasteiger partial charge in [0.1, 0.15) is 6.33 Å². The van der Waals surface area contributed by atoms with Crippen molar-refractivity contribution in [2.75, 3.05) is 12.5 Å². The van der Waals surface area contributed by atoms with Gasteiger partial charge in [-0.3, -0.25) is 0 Å². The van der Waals surface area contributed by atoms with E-state index in [2.05, 4.69) is 60.8 Å². The molecule has 4 aromatic rings. The van der Waals surface area contributed by atoms with E-state index in [-0.39, 0.29) is 6.79 Å². The predicted molar refractivity (Wildman–Crippen MR) is 140 cm³/mol. The molecule has 0 saturated heterocycles. The smallest absolute Gasteiger partial charge is 0.231 e. The molecule has 2 N–H and O–H groups in total. The van der Waals surface area contributed by atoms with Crippen molar-refractivity contribution < 1.29 is 9.47 Å². The fourth-order valence-corrected chi connectivity index (χ4v) is 6.70. The van der Waals surface area contributed by atoms with Crippen LogP contribution in [0, 0.1) is 5.92 Å². The zero-order valence-electron chi connectivity index (χ0n) is 19.2. The van der Waals surface area contributed by atoms with Gasteiger partial charge in [0.25, 0.3) is 0 Å². The molecular formula is C26H26BrN5O2S. The molecule has 1 aliphatic heterocycles. The van der Waals surface area contributed by atoms with Crippen molar-refractivity contribution in [1.82, 2.24) is 19.5 Å². The molecular weight excluding hydrogens is 526 g/mol. The standard InChI is InChI=1S/C26H26BrN5O2S/c27-19-11-20-21(34-15-33-20)12-22(19)35-26-31-23-24(28)29-14-30-25(23)32(26)13-18(16-7-3-1-4-8-16)17-9-5-2-6-10-17/h1,3-4,7-8,11-12,14,17-18H,2,5-6,9-10,13,15H2,(H2,28,29,30). The fourth-order valence-electron chi connectivity index (χ4n) is 5.21. The molecule has 2 aliphatic rings. The highest BCUT2D eigenvalue weighted by atomic mass is 79.9. The Morgan fingerprint density at radius 2 is 1.83 bits per heavy atom. The van der Waals surface area contributed by atoms with Crippen LogP contribution in [0.15, 0.2) is 63.3 Å². The van der Waals surface area contributed by atoms with Crippen LogP contribution in [0.5, 0.6) is 11.5 Å². The van der Waals surface area contributed by atoms with E-state index in [0.717, 1.165) is 38.2 Å². The number of benzene rings is 2. The molecule has 6 rings (SSSR count). The molecule has 0 amide bonds. The quantitative estimate of drug-likeness (QED) is 0.296. The highest BCUT2D eigenvalue weighted by Gasteiger charge is 2.28. The van der Waals surface area contributed by atoms with Gasteiger partial charge in [-0.2, -0.15) is 0 Å². The van der Waals surface area contributed by atoms with Crippen molar-refractivity contribution in [3.05, 3.63) is 58.8 Å². The highest BCUT2D eigenvalue weighted by molar-refractivity contribution is 9.10. The topological polar surface area (TPSA) is 88.1 Å². The lowest BCUT2D eigenvalue weighted by molar-refractivity contribution is 0.174. The zero-order chi connectivity index (χ0) is 23.8. The van der Waals surface area contributed by atoms with Crippen molar-refractivity contribution in [1.29, 1.82) is 0 Å². The van der Waals surface area contributed by atoms with Crippen molar-refractivity contribution in [3.63, 3.8) is 0 Å². The second-order valence-corrected chi connectivity index (χ2v) is 11.0. The van der Waals surface area contributed by atoms with Gasteiger partial charge in [0.2, 0.25) is 6.79 Å². The summed E-state index contributed by atoms with van der Waals surface area (Å²) in [6.45, 7) is 1.02. The van der Waals surface area contributed by atoms with Crippen LogP contribution in [0.25, 0.3) is 11.2 Å². The average molecular weight is 552 g/mol. The van der Waals surface area contributed by atoms with E-state index < -0.39 is 0 Å². The summed E-state index contributed by atoms with van der Waals surface area (Å²) in [5.41, 5.74) is 9.02. The summed E-state index contributed by atoms with van der Waals surface area (Å²) in [6.07, 6.45) is 7.94. The van der Waals surface area contributed by atoms with Gasteiger partial charge in [-0.05, 0) is 52.4 Å². The molecule has 0 radical (unpaired) electrons. The van der Waals surface area contributed by atoms with Gasteiger partial charge in [-0.1, -0.05) is 61.4 Å². The SMILES string of the molecule is Nc1ncnc2c1nc(Sc1cc3c(cc1Br)OCO3)n2CC(c1ccccc1)C1CCCCC1. The van der Waals surface area contributed by atoms with Crippen LogP contribution in [0.2, 0.25) is 0 Å². The number of hydrogen-bond acceptors (Lipinski definition) is 7. The number of nitrogen functional groups attached to an aromatic ring is 1. The molecule has 2 aromatic carbocycles. The summed E-state index contributed by atoms with van der Waals surface area (Å²) in [5.74, 6) is 2.87. The normalized spacial score (nSPS) is 16.6. The van der Waals surface area contributed by atoms with E-state index in [1.165, 1.54) is 44.0 Å². The van der Waals surface area contributed by atoms with Gasteiger partial charge in [0.05, 0.1) is 0 Å². The third kappa shape index (κ3) is 4.47. The van der Waals surface area contributed by atoms with E-state index in [9.17, 15) is 0 Å². The number of nitrogens with zero attached hydrogens (tertiary/aromatic N) is 4. The molecule has 3 heterocycles.